The Morgan fingerprint density at radius 2 is 2.07 bits per heavy atom. The van der Waals surface area contributed by atoms with Gasteiger partial charge in [0.05, 0.1) is 20.8 Å². The van der Waals surface area contributed by atoms with Crippen LogP contribution in [-0.4, -0.2) is 45.2 Å². The molecule has 0 N–H and O–H groups in total. The predicted octanol–water partition coefficient (Wildman–Crippen LogP) is 2.53. The van der Waals surface area contributed by atoms with Gasteiger partial charge in [-0.15, -0.1) is 5.10 Å². The fourth-order valence-corrected chi connectivity index (χ4v) is 3.62. The highest BCUT2D eigenvalue weighted by molar-refractivity contribution is 5.80. The number of carbonyl (C=O) groups excluding carboxylic acids is 1. The van der Waals surface area contributed by atoms with Crippen molar-refractivity contribution in [3.63, 3.8) is 0 Å². The standard InChI is InChI=1S/C19H27N5O3/c1-5-6-11-24-18(20-21-22-24)19(2)10-9-17(25)23(19)13-14-12-15(26-3)7-8-16(14)27-4/h7-8,12H,5-6,9-11,13H2,1-4H3. The Kier molecular flexibility index (Phi) is 5.62. The zero-order chi connectivity index (χ0) is 19.4. The summed E-state index contributed by atoms with van der Waals surface area (Å²) in [5, 5.41) is 12.3. The maximum Gasteiger partial charge on any atom is 0.223 e. The third-order valence-electron chi connectivity index (χ3n) is 5.28. The topological polar surface area (TPSA) is 82.4 Å². The molecule has 1 fully saturated rings. The quantitative estimate of drug-likeness (QED) is 0.707. The number of unbranched alkanes of at least 4 members (excludes halogenated alkanes) is 1. The maximum absolute atomic E-state index is 12.7. The van der Waals surface area contributed by atoms with Gasteiger partial charge < -0.3 is 14.4 Å². The van der Waals surface area contributed by atoms with Gasteiger partial charge in [-0.25, -0.2) is 4.68 Å². The molecule has 1 amide bonds. The lowest BCUT2D eigenvalue weighted by Gasteiger charge is -2.34. The molecule has 1 atom stereocenters. The molecule has 1 aromatic carbocycles. The van der Waals surface area contributed by atoms with E-state index in [9.17, 15) is 4.79 Å². The molecule has 1 aliphatic rings. The monoisotopic (exact) mass is 373 g/mol. The van der Waals surface area contributed by atoms with Gasteiger partial charge in [-0.3, -0.25) is 4.79 Å². The SMILES string of the molecule is CCCCn1nnnc1C1(C)CCC(=O)N1Cc1cc(OC)ccc1OC. The second-order valence-corrected chi connectivity index (χ2v) is 7.01. The van der Waals surface area contributed by atoms with Gasteiger partial charge in [-0.05, 0) is 48.4 Å². The summed E-state index contributed by atoms with van der Waals surface area (Å²) in [5.41, 5.74) is 0.341. The fraction of sp³-hybridized carbons (Fsp3) is 0.579. The van der Waals surface area contributed by atoms with E-state index in [4.69, 9.17) is 9.47 Å². The first-order valence-corrected chi connectivity index (χ1v) is 9.31. The van der Waals surface area contributed by atoms with Gasteiger partial charge in [0.15, 0.2) is 5.82 Å². The molecule has 8 nitrogen and oxygen atoms in total. The van der Waals surface area contributed by atoms with Crippen LogP contribution in [0.25, 0.3) is 0 Å². The number of carbonyl (C=O) groups is 1. The van der Waals surface area contributed by atoms with Gasteiger partial charge in [-0.2, -0.15) is 0 Å². The summed E-state index contributed by atoms with van der Waals surface area (Å²) >= 11 is 0. The van der Waals surface area contributed by atoms with Crippen LogP contribution in [-0.2, 0) is 23.4 Å². The Bertz CT molecular complexity index is 806. The van der Waals surface area contributed by atoms with Crippen LogP contribution in [0.1, 0.15) is 50.9 Å². The second-order valence-electron chi connectivity index (χ2n) is 7.01. The minimum atomic E-state index is -0.553. The zero-order valence-electron chi connectivity index (χ0n) is 16.4. The molecule has 146 valence electrons. The van der Waals surface area contributed by atoms with Crippen LogP contribution in [0, 0.1) is 0 Å². The van der Waals surface area contributed by atoms with E-state index < -0.39 is 5.54 Å². The molecule has 2 aromatic rings. The molecule has 0 radical (unpaired) electrons. The summed E-state index contributed by atoms with van der Waals surface area (Å²) in [6.45, 7) is 5.33. The molecule has 8 heteroatoms. The van der Waals surface area contributed by atoms with Crippen LogP contribution >= 0.6 is 0 Å². The fourth-order valence-electron chi connectivity index (χ4n) is 3.62. The van der Waals surface area contributed by atoms with Gasteiger partial charge in [0.25, 0.3) is 0 Å². The van der Waals surface area contributed by atoms with Crippen molar-refractivity contribution in [1.29, 1.82) is 0 Å². The summed E-state index contributed by atoms with van der Waals surface area (Å²) in [6, 6.07) is 5.61. The summed E-state index contributed by atoms with van der Waals surface area (Å²) in [5.74, 6) is 2.28. The van der Waals surface area contributed by atoms with Crippen molar-refractivity contribution >= 4 is 5.91 Å². The predicted molar refractivity (Wildman–Crippen MR) is 99.4 cm³/mol. The van der Waals surface area contributed by atoms with Crippen molar-refractivity contribution in [1.82, 2.24) is 25.1 Å². The number of tetrazole rings is 1. The highest BCUT2D eigenvalue weighted by Gasteiger charge is 2.46. The van der Waals surface area contributed by atoms with E-state index in [0.717, 1.165) is 42.3 Å². The van der Waals surface area contributed by atoms with Crippen LogP contribution in [0.2, 0.25) is 0 Å². The summed E-state index contributed by atoms with van der Waals surface area (Å²) in [4.78, 5) is 14.6. The molecule has 1 unspecified atom stereocenters. The van der Waals surface area contributed by atoms with E-state index in [-0.39, 0.29) is 5.91 Å². The molecule has 0 bridgehead atoms. The van der Waals surface area contributed by atoms with Crippen molar-refractivity contribution in [2.75, 3.05) is 14.2 Å². The number of aryl methyl sites for hydroxylation is 1. The van der Waals surface area contributed by atoms with E-state index in [0.29, 0.717) is 19.4 Å². The average molecular weight is 373 g/mol. The van der Waals surface area contributed by atoms with Crippen molar-refractivity contribution in [3.8, 4) is 11.5 Å². The molecule has 0 aliphatic carbocycles. The van der Waals surface area contributed by atoms with Crippen LogP contribution in [0.4, 0.5) is 0 Å². The minimum Gasteiger partial charge on any atom is -0.497 e. The maximum atomic E-state index is 12.7. The molecular weight excluding hydrogens is 346 g/mol. The normalized spacial score (nSPS) is 19.6. The van der Waals surface area contributed by atoms with E-state index >= 15 is 0 Å². The van der Waals surface area contributed by atoms with Crippen LogP contribution in [0.3, 0.4) is 0 Å². The number of hydrogen-bond acceptors (Lipinski definition) is 6. The number of amides is 1. The smallest absolute Gasteiger partial charge is 0.223 e. The Balaban J connectivity index is 1.94. The average Bonchev–Trinajstić information content (AvgIpc) is 3.27. The van der Waals surface area contributed by atoms with E-state index in [2.05, 4.69) is 22.4 Å². The molecule has 0 saturated carbocycles. The minimum absolute atomic E-state index is 0.0902. The summed E-state index contributed by atoms with van der Waals surface area (Å²) in [7, 11) is 3.25. The second kappa shape index (κ2) is 7.94. The van der Waals surface area contributed by atoms with Crippen molar-refractivity contribution in [3.05, 3.63) is 29.6 Å². The van der Waals surface area contributed by atoms with Gasteiger partial charge in [0.1, 0.15) is 17.0 Å². The van der Waals surface area contributed by atoms with Gasteiger partial charge in [0, 0.05) is 18.5 Å². The number of ether oxygens (including phenoxy) is 2. The Morgan fingerprint density at radius 1 is 1.26 bits per heavy atom. The highest BCUT2D eigenvalue weighted by atomic mass is 16.5. The zero-order valence-corrected chi connectivity index (χ0v) is 16.4. The Labute approximate surface area is 159 Å². The van der Waals surface area contributed by atoms with Gasteiger partial charge in [-0.1, -0.05) is 13.3 Å². The lowest BCUT2D eigenvalue weighted by atomic mass is 9.97. The van der Waals surface area contributed by atoms with Gasteiger partial charge >= 0.3 is 0 Å². The molecule has 1 saturated heterocycles. The highest BCUT2D eigenvalue weighted by Crippen LogP contribution is 2.40. The Morgan fingerprint density at radius 3 is 2.78 bits per heavy atom. The lowest BCUT2D eigenvalue weighted by Crippen LogP contribution is -2.42. The molecule has 0 spiro atoms. The lowest BCUT2D eigenvalue weighted by molar-refractivity contribution is -0.132. The van der Waals surface area contributed by atoms with Crippen LogP contribution in [0.5, 0.6) is 11.5 Å². The third kappa shape index (κ3) is 3.61. The van der Waals surface area contributed by atoms with Crippen LogP contribution in [0.15, 0.2) is 18.2 Å². The first kappa shape index (κ1) is 19.1. The number of benzene rings is 1. The largest absolute Gasteiger partial charge is 0.497 e. The number of likely N-dealkylation sites (tertiary alicyclic amines) is 1. The van der Waals surface area contributed by atoms with E-state index in [1.807, 2.05) is 34.7 Å². The van der Waals surface area contributed by atoms with Crippen molar-refractivity contribution in [2.24, 2.45) is 0 Å². The Hall–Kier alpha value is -2.64. The number of aromatic nitrogens is 4. The molecule has 1 aromatic heterocycles. The third-order valence-corrected chi connectivity index (χ3v) is 5.28. The summed E-state index contributed by atoms with van der Waals surface area (Å²) in [6.07, 6.45) is 3.21. The van der Waals surface area contributed by atoms with E-state index in [1.165, 1.54) is 0 Å². The molecular formula is C19H27N5O3. The first-order valence-electron chi connectivity index (χ1n) is 9.31. The number of methoxy groups -OCH3 is 2. The molecule has 2 heterocycles. The van der Waals surface area contributed by atoms with Crippen molar-refractivity contribution < 1.29 is 14.3 Å². The van der Waals surface area contributed by atoms with E-state index in [1.54, 1.807) is 14.2 Å². The number of hydrogen-bond donors (Lipinski definition) is 0. The summed E-state index contributed by atoms with van der Waals surface area (Å²) < 4.78 is 12.7. The van der Waals surface area contributed by atoms with Crippen molar-refractivity contribution in [2.45, 2.75) is 58.2 Å². The number of nitrogens with zero attached hydrogens (tertiary/aromatic N) is 5. The first-order chi connectivity index (χ1) is 13.0. The molecule has 3 rings (SSSR count). The molecule has 27 heavy (non-hydrogen) atoms. The van der Waals surface area contributed by atoms with Gasteiger partial charge in [0.2, 0.25) is 5.91 Å². The molecule has 1 aliphatic heterocycles. The van der Waals surface area contributed by atoms with Crippen LogP contribution < -0.4 is 9.47 Å². The number of rotatable bonds is 8.